The number of aromatic nitrogens is 1. The van der Waals surface area contributed by atoms with Gasteiger partial charge in [-0.3, -0.25) is 0 Å². The molecule has 4 rings (SSSR count). The summed E-state index contributed by atoms with van der Waals surface area (Å²) in [4.78, 5) is 18.1. The first kappa shape index (κ1) is 22.3. The topological polar surface area (TPSA) is 89.7 Å². The fraction of sp³-hybridized carbons (Fsp3) is 0.391. The predicted octanol–water partition coefficient (Wildman–Crippen LogP) is 4.76. The van der Waals surface area contributed by atoms with Crippen molar-refractivity contribution >= 4 is 27.0 Å². The third-order valence-corrected chi connectivity index (χ3v) is 6.68. The van der Waals surface area contributed by atoms with Crippen LogP contribution in [0.4, 0.5) is 9.18 Å². The van der Waals surface area contributed by atoms with Crippen LogP contribution in [0, 0.1) is 5.82 Å². The van der Waals surface area contributed by atoms with Crippen molar-refractivity contribution in [3.63, 3.8) is 0 Å². The van der Waals surface area contributed by atoms with Crippen LogP contribution in [0.1, 0.15) is 38.2 Å². The van der Waals surface area contributed by atoms with Crippen LogP contribution in [0.15, 0.2) is 45.7 Å². The molecule has 1 aromatic heterocycles. The number of nitrogens with zero attached hydrogens (tertiary/aromatic N) is 2. The maximum atomic E-state index is 14.5. The van der Waals surface area contributed by atoms with Crippen LogP contribution < -0.4 is 0 Å². The molecule has 3 aromatic rings. The summed E-state index contributed by atoms with van der Waals surface area (Å²) in [7, 11) is -3.51. The lowest BCUT2D eigenvalue weighted by molar-refractivity contribution is 0.0692. The van der Waals surface area contributed by atoms with E-state index in [0.717, 1.165) is 30.7 Å². The summed E-state index contributed by atoms with van der Waals surface area (Å²) in [6, 6.07) is 9.39. The first-order valence-electron chi connectivity index (χ1n) is 10.5. The Kier molecular flexibility index (Phi) is 5.94. The summed E-state index contributed by atoms with van der Waals surface area (Å²) in [5, 5.41) is 0. The summed E-state index contributed by atoms with van der Waals surface area (Å²) < 4.78 is 48.9. The highest BCUT2D eigenvalue weighted by Gasteiger charge is 2.26. The van der Waals surface area contributed by atoms with Crippen LogP contribution in [-0.2, 0) is 14.6 Å². The smallest absolute Gasteiger partial charge is 0.410 e. The Labute approximate surface area is 186 Å². The van der Waals surface area contributed by atoms with E-state index in [1.54, 1.807) is 4.90 Å². The number of halogens is 1. The lowest BCUT2D eigenvalue weighted by atomic mass is 9.89. The number of carbonyl (C=O) groups is 1. The minimum atomic E-state index is -3.51. The van der Waals surface area contributed by atoms with Crippen molar-refractivity contribution in [2.45, 2.75) is 43.6 Å². The molecule has 0 aliphatic carbocycles. The van der Waals surface area contributed by atoms with E-state index in [1.165, 1.54) is 12.1 Å². The molecule has 0 radical (unpaired) electrons. The minimum absolute atomic E-state index is 0.0965. The van der Waals surface area contributed by atoms with Gasteiger partial charge in [-0.05, 0) is 68.5 Å². The Morgan fingerprint density at radius 1 is 1.19 bits per heavy atom. The van der Waals surface area contributed by atoms with E-state index < -0.39 is 15.7 Å². The largest absolute Gasteiger partial charge is 0.447 e. The molecule has 7 nitrogen and oxygen atoms in total. The molecule has 0 unspecified atom stereocenters. The molecule has 1 aliphatic heterocycles. The Morgan fingerprint density at radius 3 is 2.53 bits per heavy atom. The van der Waals surface area contributed by atoms with Gasteiger partial charge in [-0.1, -0.05) is 6.07 Å². The molecule has 1 aliphatic rings. The molecule has 0 saturated carbocycles. The Hall–Kier alpha value is -2.94. The maximum Gasteiger partial charge on any atom is 0.410 e. The van der Waals surface area contributed by atoms with Crippen LogP contribution >= 0.6 is 0 Å². The summed E-state index contributed by atoms with van der Waals surface area (Å²) in [5.74, 6) is -0.344. The second-order valence-corrected chi connectivity index (χ2v) is 10.4. The summed E-state index contributed by atoms with van der Waals surface area (Å²) in [6.07, 6.45) is 2.22. The molecule has 2 heterocycles. The number of carbonyl (C=O) groups excluding carboxylic acids is 1. The number of piperidine rings is 1. The molecule has 1 fully saturated rings. The summed E-state index contributed by atoms with van der Waals surface area (Å²) in [5.41, 5.74) is 2.30. The Balaban J connectivity index is 1.53. The molecule has 0 N–H and O–H groups in total. The molecule has 9 heteroatoms. The van der Waals surface area contributed by atoms with Gasteiger partial charge in [-0.2, -0.15) is 0 Å². The molecule has 0 spiro atoms. The number of benzene rings is 2. The predicted molar refractivity (Wildman–Crippen MR) is 118 cm³/mol. The Morgan fingerprint density at radius 2 is 1.91 bits per heavy atom. The van der Waals surface area contributed by atoms with Crippen molar-refractivity contribution < 1.29 is 26.8 Å². The van der Waals surface area contributed by atoms with Crippen molar-refractivity contribution in [2.75, 3.05) is 19.3 Å². The van der Waals surface area contributed by atoms with Gasteiger partial charge in [0.2, 0.25) is 5.89 Å². The van der Waals surface area contributed by atoms with E-state index in [-0.39, 0.29) is 34.5 Å². The maximum absolute atomic E-state index is 14.5. The molecule has 1 amide bonds. The number of fused-ring (bicyclic) bond motifs is 1. The minimum Gasteiger partial charge on any atom is -0.447 e. The van der Waals surface area contributed by atoms with Crippen LogP contribution in [0.2, 0.25) is 0 Å². The van der Waals surface area contributed by atoms with E-state index >= 15 is 0 Å². The van der Waals surface area contributed by atoms with E-state index in [2.05, 4.69) is 4.98 Å². The number of amides is 1. The first-order chi connectivity index (χ1) is 15.1. The third kappa shape index (κ3) is 4.62. The van der Waals surface area contributed by atoms with Gasteiger partial charge in [-0.25, -0.2) is 22.6 Å². The zero-order valence-corrected chi connectivity index (χ0v) is 19.0. The quantitative estimate of drug-likeness (QED) is 0.558. The van der Waals surface area contributed by atoms with Gasteiger partial charge in [0.1, 0.15) is 11.3 Å². The number of rotatable bonds is 4. The number of hydrogen-bond donors (Lipinski definition) is 0. The molecular weight excluding hydrogens is 435 g/mol. The highest BCUT2D eigenvalue weighted by molar-refractivity contribution is 7.90. The van der Waals surface area contributed by atoms with E-state index in [9.17, 15) is 17.6 Å². The SMILES string of the molecule is CC(C)OC(=O)N1CCC(c2ccc3nc(-c4ccc(S(C)(=O)=O)cc4F)oc3c2)CC1. The second kappa shape index (κ2) is 8.54. The highest BCUT2D eigenvalue weighted by Crippen LogP contribution is 2.33. The zero-order chi connectivity index (χ0) is 23.0. The van der Waals surface area contributed by atoms with Crippen molar-refractivity contribution in [2.24, 2.45) is 0 Å². The molecule has 1 saturated heterocycles. The standard InChI is InChI=1S/C23H25FN2O5S/c1-14(2)30-23(27)26-10-8-15(9-11-26)16-4-7-20-21(12-16)31-22(25-20)18-6-5-17(13-19(18)24)32(3,28)29/h4-7,12-15H,8-11H2,1-3H3. The van der Waals surface area contributed by atoms with E-state index in [4.69, 9.17) is 9.15 Å². The molecule has 2 aromatic carbocycles. The number of oxazole rings is 1. The fourth-order valence-corrected chi connectivity index (χ4v) is 4.51. The van der Waals surface area contributed by atoms with Gasteiger partial charge < -0.3 is 14.1 Å². The van der Waals surface area contributed by atoms with Gasteiger partial charge >= 0.3 is 6.09 Å². The first-order valence-corrected chi connectivity index (χ1v) is 12.4. The van der Waals surface area contributed by atoms with Crippen LogP contribution in [0.3, 0.4) is 0 Å². The summed E-state index contributed by atoms with van der Waals surface area (Å²) in [6.45, 7) is 4.90. The third-order valence-electron chi connectivity index (χ3n) is 5.57. The van der Waals surface area contributed by atoms with Gasteiger partial charge in [0, 0.05) is 19.3 Å². The molecule has 0 atom stereocenters. The number of likely N-dealkylation sites (tertiary alicyclic amines) is 1. The van der Waals surface area contributed by atoms with Gasteiger partial charge in [0.15, 0.2) is 15.4 Å². The van der Waals surface area contributed by atoms with Crippen molar-refractivity contribution in [1.29, 1.82) is 0 Å². The molecule has 32 heavy (non-hydrogen) atoms. The van der Waals surface area contributed by atoms with Gasteiger partial charge in [0.05, 0.1) is 16.6 Å². The van der Waals surface area contributed by atoms with Gasteiger partial charge in [-0.15, -0.1) is 0 Å². The van der Waals surface area contributed by atoms with Crippen molar-refractivity contribution in [1.82, 2.24) is 9.88 Å². The van der Waals surface area contributed by atoms with Crippen LogP contribution in [-0.4, -0.2) is 49.8 Å². The molecule has 170 valence electrons. The number of sulfone groups is 1. The monoisotopic (exact) mass is 460 g/mol. The average Bonchev–Trinajstić information content (AvgIpc) is 3.15. The summed E-state index contributed by atoms with van der Waals surface area (Å²) >= 11 is 0. The van der Waals surface area contributed by atoms with E-state index in [1.807, 2.05) is 32.0 Å². The zero-order valence-electron chi connectivity index (χ0n) is 18.2. The fourth-order valence-electron chi connectivity index (χ4n) is 3.88. The number of hydrogen-bond acceptors (Lipinski definition) is 6. The normalized spacial score (nSPS) is 15.5. The van der Waals surface area contributed by atoms with E-state index in [0.29, 0.717) is 24.2 Å². The molecular formula is C23H25FN2O5S. The van der Waals surface area contributed by atoms with Crippen LogP contribution in [0.5, 0.6) is 0 Å². The van der Waals surface area contributed by atoms with Gasteiger partial charge in [0.25, 0.3) is 0 Å². The van der Waals surface area contributed by atoms with Crippen molar-refractivity contribution in [3.8, 4) is 11.5 Å². The second-order valence-electron chi connectivity index (χ2n) is 8.35. The lowest BCUT2D eigenvalue weighted by Crippen LogP contribution is -2.39. The average molecular weight is 461 g/mol. The van der Waals surface area contributed by atoms with Crippen molar-refractivity contribution in [3.05, 3.63) is 47.8 Å². The molecule has 0 bridgehead atoms. The Bertz CT molecular complexity index is 1260. The van der Waals surface area contributed by atoms with Crippen LogP contribution in [0.25, 0.3) is 22.6 Å². The lowest BCUT2D eigenvalue weighted by Gasteiger charge is -2.32. The highest BCUT2D eigenvalue weighted by atomic mass is 32.2. The number of ether oxygens (including phenoxy) is 1.